The minimum atomic E-state index is -1.21. The van der Waals surface area contributed by atoms with Crippen molar-refractivity contribution in [3.8, 4) is 0 Å². The number of ether oxygens (including phenoxy) is 1. The highest BCUT2D eigenvalue weighted by Gasteiger charge is 2.23. The van der Waals surface area contributed by atoms with Crippen molar-refractivity contribution in [1.82, 2.24) is 15.3 Å². The Morgan fingerprint density at radius 2 is 1.97 bits per heavy atom. The number of aromatic nitrogens is 2. The van der Waals surface area contributed by atoms with Gasteiger partial charge in [-0.2, -0.15) is 0 Å². The Hall–Kier alpha value is -4.34. The molecular formula is C28H32N4O6. The van der Waals surface area contributed by atoms with E-state index >= 15 is 0 Å². The van der Waals surface area contributed by atoms with E-state index < -0.39 is 18.1 Å². The first-order valence-electron chi connectivity index (χ1n) is 12.5. The third-order valence-electron chi connectivity index (χ3n) is 5.88. The normalized spacial score (nSPS) is 12.4. The molecule has 4 aromatic rings. The number of anilines is 1. The van der Waals surface area contributed by atoms with Crippen LogP contribution in [0.25, 0.3) is 22.0 Å². The number of imidazole rings is 1. The maximum atomic E-state index is 13.1. The van der Waals surface area contributed by atoms with E-state index in [1.807, 2.05) is 45.0 Å². The van der Waals surface area contributed by atoms with E-state index in [0.717, 1.165) is 11.0 Å². The van der Waals surface area contributed by atoms with Gasteiger partial charge in [0.25, 0.3) is 0 Å². The summed E-state index contributed by atoms with van der Waals surface area (Å²) in [7, 11) is 0. The van der Waals surface area contributed by atoms with Crippen LogP contribution in [0, 0.1) is 5.41 Å². The lowest BCUT2D eigenvalue weighted by Crippen LogP contribution is -2.43. The molecule has 0 saturated heterocycles. The van der Waals surface area contributed by atoms with E-state index in [-0.39, 0.29) is 23.9 Å². The number of nitrogens with zero attached hydrogens (tertiary/aromatic N) is 1. The van der Waals surface area contributed by atoms with Crippen LogP contribution in [0.15, 0.2) is 57.9 Å². The number of fused-ring (bicyclic) bond motifs is 2. The average molecular weight is 521 g/mol. The first-order valence-corrected chi connectivity index (χ1v) is 12.5. The number of alkyl carbamates (subject to hydrolysis) is 1. The fourth-order valence-corrected chi connectivity index (χ4v) is 3.94. The van der Waals surface area contributed by atoms with Gasteiger partial charge in [-0.3, -0.25) is 4.79 Å². The number of carbonyl (C=O) groups is 2. The molecule has 10 nitrogen and oxygen atoms in total. The molecular weight excluding hydrogens is 488 g/mol. The largest absolute Gasteiger partial charge is 0.480 e. The summed E-state index contributed by atoms with van der Waals surface area (Å²) in [5.74, 6) is -0.527. The number of H-pyrrole nitrogens is 1. The quantitative estimate of drug-likeness (QED) is 0.224. The molecule has 4 N–H and O–H groups in total. The first-order chi connectivity index (χ1) is 18.1. The summed E-state index contributed by atoms with van der Waals surface area (Å²) in [6.45, 7) is 6.47. The molecule has 0 radical (unpaired) electrons. The summed E-state index contributed by atoms with van der Waals surface area (Å²) in [5.41, 5.74) is 2.93. The predicted molar refractivity (Wildman–Crippen MR) is 144 cm³/mol. The van der Waals surface area contributed by atoms with Crippen molar-refractivity contribution in [3.63, 3.8) is 0 Å². The smallest absolute Gasteiger partial charge is 0.407 e. The van der Waals surface area contributed by atoms with Gasteiger partial charge in [0, 0.05) is 18.5 Å². The molecule has 0 aliphatic carbocycles. The fourth-order valence-electron chi connectivity index (χ4n) is 3.94. The number of carbonyl (C=O) groups excluding carboxylic acids is 1. The van der Waals surface area contributed by atoms with Gasteiger partial charge in [-0.1, -0.05) is 39.0 Å². The van der Waals surface area contributed by atoms with E-state index in [2.05, 4.69) is 20.6 Å². The van der Waals surface area contributed by atoms with Crippen LogP contribution >= 0.6 is 0 Å². The summed E-state index contributed by atoms with van der Waals surface area (Å²) < 4.78 is 10.8. The molecule has 0 aliphatic heterocycles. The van der Waals surface area contributed by atoms with Crippen molar-refractivity contribution in [3.05, 3.63) is 70.1 Å². The lowest BCUT2D eigenvalue weighted by atomic mass is 9.99. The number of hydrogen-bond donors (Lipinski definition) is 4. The second-order valence-electron chi connectivity index (χ2n) is 10.4. The van der Waals surface area contributed by atoms with E-state index in [0.29, 0.717) is 47.4 Å². The number of hydrogen-bond acceptors (Lipinski definition) is 7. The van der Waals surface area contributed by atoms with Crippen molar-refractivity contribution in [1.29, 1.82) is 0 Å². The van der Waals surface area contributed by atoms with Crippen molar-refractivity contribution < 1.29 is 23.8 Å². The maximum Gasteiger partial charge on any atom is 0.407 e. The molecule has 0 fully saturated rings. The van der Waals surface area contributed by atoms with Crippen molar-refractivity contribution in [2.24, 2.45) is 5.41 Å². The zero-order valence-corrected chi connectivity index (χ0v) is 21.7. The van der Waals surface area contributed by atoms with E-state index in [4.69, 9.17) is 9.15 Å². The standard InChI is InChI=1S/C28H32N4O6/c1-28(2,3)16-38-27(36)32-22(25(34)35)14-17-10-11-23-19(13-17)24(33)18(15-37-23)7-6-12-29-26-30-20-8-4-5-9-21(20)31-26/h4-5,8-11,13,15,22H,6-7,12,14,16H2,1-3H3,(H,32,36)(H,34,35)(H2,29,30,31). The van der Waals surface area contributed by atoms with Gasteiger partial charge in [-0.15, -0.1) is 0 Å². The van der Waals surface area contributed by atoms with Gasteiger partial charge < -0.3 is 29.9 Å². The molecule has 2 aromatic heterocycles. The summed E-state index contributed by atoms with van der Waals surface area (Å²) in [6.07, 6.45) is 1.83. The maximum absolute atomic E-state index is 13.1. The fraction of sp³-hybridized carbons (Fsp3) is 0.357. The highest BCUT2D eigenvalue weighted by Crippen LogP contribution is 2.17. The van der Waals surface area contributed by atoms with Crippen LogP contribution in [0.3, 0.4) is 0 Å². The van der Waals surface area contributed by atoms with Gasteiger partial charge in [0.2, 0.25) is 5.95 Å². The second-order valence-corrected chi connectivity index (χ2v) is 10.4. The van der Waals surface area contributed by atoms with Crippen LogP contribution in [0.2, 0.25) is 0 Å². The molecule has 1 amide bonds. The molecule has 1 atom stereocenters. The third kappa shape index (κ3) is 6.90. The lowest BCUT2D eigenvalue weighted by molar-refractivity contribution is -0.139. The van der Waals surface area contributed by atoms with Gasteiger partial charge in [-0.25, -0.2) is 14.6 Å². The Balaban J connectivity index is 1.39. The summed E-state index contributed by atoms with van der Waals surface area (Å²) in [5, 5.41) is 15.6. The molecule has 0 spiro atoms. The van der Waals surface area contributed by atoms with Crippen molar-refractivity contribution in [2.75, 3.05) is 18.5 Å². The van der Waals surface area contributed by atoms with Crippen LogP contribution in [0.1, 0.15) is 38.3 Å². The van der Waals surface area contributed by atoms with Gasteiger partial charge in [0.1, 0.15) is 11.6 Å². The molecule has 0 aliphatic rings. The molecule has 1 unspecified atom stereocenters. The van der Waals surface area contributed by atoms with E-state index in [1.54, 1.807) is 18.2 Å². The monoisotopic (exact) mass is 520 g/mol. The molecule has 0 saturated carbocycles. The number of aliphatic carboxylic acids is 1. The highest BCUT2D eigenvalue weighted by atomic mass is 16.5. The van der Waals surface area contributed by atoms with E-state index in [9.17, 15) is 19.5 Å². The van der Waals surface area contributed by atoms with Gasteiger partial charge in [0.05, 0.1) is 29.3 Å². The van der Waals surface area contributed by atoms with Gasteiger partial charge >= 0.3 is 12.1 Å². The SMILES string of the molecule is CC(C)(C)COC(=O)NC(Cc1ccc2occ(CCCNc3nc4ccccc4[nH]3)c(=O)c2c1)C(=O)O. The zero-order valence-electron chi connectivity index (χ0n) is 21.7. The number of aryl methyl sites for hydroxylation is 1. The molecule has 2 aromatic carbocycles. The number of para-hydroxylation sites is 2. The molecule has 0 bridgehead atoms. The molecule has 2 heterocycles. The molecule has 200 valence electrons. The number of rotatable bonds is 10. The highest BCUT2D eigenvalue weighted by molar-refractivity contribution is 5.81. The summed E-state index contributed by atoms with van der Waals surface area (Å²) >= 11 is 0. The molecule has 10 heteroatoms. The van der Waals surface area contributed by atoms with Crippen LogP contribution in [-0.2, 0) is 22.4 Å². The van der Waals surface area contributed by atoms with Crippen molar-refractivity contribution >= 4 is 40.0 Å². The number of carboxylic acid groups (broad SMARTS) is 1. The Kier molecular flexibility index (Phi) is 7.99. The number of aromatic amines is 1. The number of benzene rings is 2. The Morgan fingerprint density at radius 1 is 1.18 bits per heavy atom. The topological polar surface area (TPSA) is 147 Å². The minimum absolute atomic E-state index is 0.0129. The van der Waals surface area contributed by atoms with Crippen LogP contribution in [-0.4, -0.2) is 46.3 Å². The molecule has 4 rings (SSSR count). The predicted octanol–water partition coefficient (Wildman–Crippen LogP) is 4.48. The number of amides is 1. The van der Waals surface area contributed by atoms with Crippen LogP contribution < -0.4 is 16.1 Å². The summed E-state index contributed by atoms with van der Waals surface area (Å²) in [6, 6.07) is 11.5. The zero-order chi connectivity index (χ0) is 27.3. The Morgan fingerprint density at radius 3 is 2.71 bits per heavy atom. The third-order valence-corrected chi connectivity index (χ3v) is 5.88. The Labute approximate surface area is 219 Å². The number of nitrogens with one attached hydrogen (secondary N) is 3. The lowest BCUT2D eigenvalue weighted by Gasteiger charge is -2.20. The second kappa shape index (κ2) is 11.4. The van der Waals surface area contributed by atoms with Crippen molar-refractivity contribution in [2.45, 2.75) is 46.1 Å². The molecule has 38 heavy (non-hydrogen) atoms. The first kappa shape index (κ1) is 26.7. The van der Waals surface area contributed by atoms with Gasteiger partial charge in [-0.05, 0) is 48.1 Å². The number of carboxylic acids is 1. The average Bonchev–Trinajstić information content (AvgIpc) is 3.29. The van der Waals surface area contributed by atoms with E-state index in [1.165, 1.54) is 6.26 Å². The minimum Gasteiger partial charge on any atom is -0.480 e. The summed E-state index contributed by atoms with van der Waals surface area (Å²) in [4.78, 5) is 44.7. The van der Waals surface area contributed by atoms with Gasteiger partial charge in [0.15, 0.2) is 5.43 Å². The van der Waals surface area contributed by atoms with Crippen LogP contribution in [0.4, 0.5) is 10.7 Å². The van der Waals surface area contributed by atoms with Crippen LogP contribution in [0.5, 0.6) is 0 Å². The Bertz CT molecular complexity index is 1470.